The third kappa shape index (κ3) is 4.70. The van der Waals surface area contributed by atoms with Crippen LogP contribution in [0.25, 0.3) is 0 Å². The highest BCUT2D eigenvalue weighted by molar-refractivity contribution is 6.02. The molecule has 5 atom stereocenters. The molecule has 0 bridgehead atoms. The molecule has 5 aliphatic heterocycles. The number of carbonyl (C=O) groups excluding carboxylic acids is 2. The zero-order valence-corrected chi connectivity index (χ0v) is 20.6. The smallest absolute Gasteiger partial charge is 0.268 e. The molecule has 5 rings (SSSR count). The van der Waals surface area contributed by atoms with Gasteiger partial charge < -0.3 is 36.2 Å². The number of hydroxylamine groups is 3. The van der Waals surface area contributed by atoms with E-state index in [1.165, 1.54) is 6.20 Å². The Hall–Kier alpha value is -2.69. The number of piperidine rings is 1. The zero-order chi connectivity index (χ0) is 26.5. The maximum Gasteiger partial charge on any atom is 0.268 e. The molecule has 204 valence electrons. The Morgan fingerprint density at radius 2 is 2.00 bits per heavy atom. The maximum atomic E-state index is 15.0. The van der Waals surface area contributed by atoms with E-state index in [1.54, 1.807) is 4.90 Å². The second-order valence-corrected chi connectivity index (χ2v) is 10.4. The number of rotatable bonds is 5. The highest BCUT2D eigenvalue weighted by atomic mass is 19.1. The molecule has 0 aromatic heterocycles. The van der Waals surface area contributed by atoms with E-state index in [9.17, 15) is 24.4 Å². The van der Waals surface area contributed by atoms with Gasteiger partial charge in [-0.05, 0) is 19.9 Å². The molecule has 5 heterocycles. The van der Waals surface area contributed by atoms with E-state index in [1.807, 2.05) is 7.05 Å². The number of amidine groups is 1. The van der Waals surface area contributed by atoms with Crippen molar-refractivity contribution in [2.24, 2.45) is 22.6 Å². The van der Waals surface area contributed by atoms with Crippen LogP contribution in [-0.4, -0.2) is 103 Å². The molecule has 3 saturated heterocycles. The van der Waals surface area contributed by atoms with Crippen LogP contribution >= 0.6 is 0 Å². The van der Waals surface area contributed by atoms with Crippen molar-refractivity contribution in [3.8, 4) is 0 Å². The van der Waals surface area contributed by atoms with Gasteiger partial charge in [-0.15, -0.1) is 0 Å². The number of halogens is 2. The highest BCUT2D eigenvalue weighted by Gasteiger charge is 2.59. The monoisotopic (exact) mass is 525 g/mol. The summed E-state index contributed by atoms with van der Waals surface area (Å²) in [5.74, 6) is -3.15. The van der Waals surface area contributed by atoms with Gasteiger partial charge in [-0.1, -0.05) is 0 Å². The maximum absolute atomic E-state index is 15.0. The summed E-state index contributed by atoms with van der Waals surface area (Å²) in [6, 6.07) is 0.162. The minimum absolute atomic E-state index is 0.00413. The predicted octanol–water partition coefficient (Wildman–Crippen LogP) is -2.85. The van der Waals surface area contributed by atoms with E-state index in [2.05, 4.69) is 25.8 Å². The number of hydrogen-bond acceptors (Lipinski definition) is 9. The van der Waals surface area contributed by atoms with Crippen LogP contribution in [0.4, 0.5) is 8.78 Å². The van der Waals surface area contributed by atoms with Gasteiger partial charge in [0, 0.05) is 38.3 Å². The average Bonchev–Trinajstić information content (AvgIpc) is 3.03. The molecule has 0 radical (unpaired) electrons. The number of alkyl halides is 1. The van der Waals surface area contributed by atoms with Crippen molar-refractivity contribution >= 4 is 17.6 Å². The number of nitrogens with one attached hydrogen (secondary N) is 4. The summed E-state index contributed by atoms with van der Waals surface area (Å²) in [6.07, 6.45) is -0.587. The first-order valence-corrected chi connectivity index (χ1v) is 12.5. The molecular weight excluding hydrogens is 492 g/mol. The molecule has 13 nitrogen and oxygen atoms in total. The van der Waals surface area contributed by atoms with Crippen molar-refractivity contribution in [3.05, 3.63) is 33.8 Å². The van der Waals surface area contributed by atoms with Gasteiger partial charge in [0.05, 0.1) is 30.5 Å². The molecule has 3 fully saturated rings. The van der Waals surface area contributed by atoms with Gasteiger partial charge in [0.15, 0.2) is 12.7 Å². The van der Waals surface area contributed by atoms with Crippen LogP contribution in [0.3, 0.4) is 0 Å². The van der Waals surface area contributed by atoms with Gasteiger partial charge in [-0.3, -0.25) is 15.3 Å². The second kappa shape index (κ2) is 9.89. The fourth-order valence-corrected chi connectivity index (χ4v) is 5.75. The minimum atomic E-state index is -1.68. The van der Waals surface area contributed by atoms with E-state index in [4.69, 9.17) is 5.73 Å². The first-order chi connectivity index (χ1) is 17.6. The normalized spacial score (nSPS) is 35.2. The lowest BCUT2D eigenvalue weighted by atomic mass is 9.94. The molecule has 2 amide bonds. The number of nitrogens with two attached hydrogens (primary N) is 1. The molecule has 0 spiro atoms. The number of nitrogens with zero attached hydrogens (tertiary/aromatic N) is 4. The summed E-state index contributed by atoms with van der Waals surface area (Å²) in [4.78, 5) is 33.6. The van der Waals surface area contributed by atoms with Gasteiger partial charge in [-0.2, -0.15) is 9.93 Å². The average molecular weight is 526 g/mol. The Kier molecular flexibility index (Phi) is 6.93. The van der Waals surface area contributed by atoms with Crippen molar-refractivity contribution < 1.29 is 28.3 Å². The standard InChI is InChI=1S/C22H33F2N9O4/c1-30-9-14(10-30)28-21(34)12-2-4-31(5-3-12)18-15(24)7-26-8-16(18)29-22(35)17-19(25)32(36)33(37)11-13(23)6-27-20(17)33/h8,12-14,17,19,26,32H,2-7,9-11,25H2,1H3,(H,28,34)(H,29,35). The Morgan fingerprint density at radius 1 is 1.30 bits per heavy atom. The van der Waals surface area contributed by atoms with Crippen molar-refractivity contribution in [2.75, 3.05) is 52.9 Å². The number of quaternary nitrogens is 2. The van der Waals surface area contributed by atoms with Crippen LogP contribution in [0, 0.1) is 22.3 Å². The van der Waals surface area contributed by atoms with Crippen LogP contribution in [-0.2, 0) is 9.59 Å². The Morgan fingerprint density at radius 3 is 2.68 bits per heavy atom. The molecule has 0 aliphatic carbocycles. The lowest BCUT2D eigenvalue weighted by Crippen LogP contribution is -3.22. The number of amides is 2. The third-order valence-corrected chi connectivity index (χ3v) is 7.70. The lowest BCUT2D eigenvalue weighted by molar-refractivity contribution is -1.42. The number of fused-ring (bicyclic) bond motifs is 1. The number of likely N-dealkylation sites (N-methyl/N-ethyl adjacent to an activating group) is 1. The van der Waals surface area contributed by atoms with Crippen molar-refractivity contribution in [1.29, 1.82) is 0 Å². The highest BCUT2D eigenvalue weighted by Crippen LogP contribution is 2.29. The summed E-state index contributed by atoms with van der Waals surface area (Å²) in [5.41, 5.74) is 6.23. The SMILES string of the molecule is CN1CC(NC(=O)C2CCN(C3=C(F)CNC=C3NC(=O)C3C4=NCC(F)C[N+]4([O-])[NH+]([O-])C3N)CC2)C1. The summed E-state index contributed by atoms with van der Waals surface area (Å²) in [5, 5.41) is 33.0. The number of likely N-dealkylation sites (tertiary alicyclic amines) is 2. The second-order valence-electron chi connectivity index (χ2n) is 10.4. The van der Waals surface area contributed by atoms with Crippen molar-refractivity contribution in [2.45, 2.75) is 31.2 Å². The fraction of sp³-hybridized carbons (Fsp3) is 0.682. The Bertz CT molecular complexity index is 1040. The van der Waals surface area contributed by atoms with E-state index in [0.717, 1.165) is 13.1 Å². The zero-order valence-electron chi connectivity index (χ0n) is 20.6. The number of hydrogen-bond donors (Lipinski definition) is 5. The Labute approximate surface area is 212 Å². The lowest BCUT2D eigenvalue weighted by Gasteiger charge is -2.44. The van der Waals surface area contributed by atoms with Crippen LogP contribution in [0.1, 0.15) is 12.8 Å². The molecule has 5 unspecified atom stereocenters. The first-order valence-electron chi connectivity index (χ1n) is 12.5. The molecule has 0 aromatic rings. The van der Waals surface area contributed by atoms with Gasteiger partial charge in [0.1, 0.15) is 5.83 Å². The predicted molar refractivity (Wildman–Crippen MR) is 128 cm³/mol. The van der Waals surface area contributed by atoms with Gasteiger partial charge >= 0.3 is 0 Å². The number of carbonyl (C=O) groups is 2. The van der Waals surface area contributed by atoms with Crippen LogP contribution in [0.15, 0.2) is 28.4 Å². The van der Waals surface area contributed by atoms with Gasteiger partial charge in [0.25, 0.3) is 5.84 Å². The summed E-state index contributed by atoms with van der Waals surface area (Å²) >= 11 is 0. The first kappa shape index (κ1) is 25.9. The molecule has 5 aliphatic rings. The van der Waals surface area contributed by atoms with Crippen molar-refractivity contribution in [1.82, 2.24) is 25.8 Å². The molecule has 0 aromatic carbocycles. The quantitative estimate of drug-likeness (QED) is 0.189. The summed E-state index contributed by atoms with van der Waals surface area (Å²) in [7, 11) is 1.99. The molecule has 6 N–H and O–H groups in total. The molecule has 0 saturated carbocycles. The molecule has 37 heavy (non-hydrogen) atoms. The summed E-state index contributed by atoms with van der Waals surface area (Å²) in [6.45, 7) is 1.40. The molecular formula is C22H33F2N9O4. The number of aliphatic imine (C=N–C) groups is 1. The van der Waals surface area contributed by atoms with Crippen LogP contribution in [0.5, 0.6) is 0 Å². The van der Waals surface area contributed by atoms with Crippen LogP contribution < -0.4 is 26.9 Å². The third-order valence-electron chi connectivity index (χ3n) is 7.70. The van der Waals surface area contributed by atoms with Crippen molar-refractivity contribution in [3.63, 3.8) is 0 Å². The van der Waals surface area contributed by atoms with E-state index in [-0.39, 0.29) is 48.2 Å². The topological polar surface area (TPSA) is 166 Å². The summed E-state index contributed by atoms with van der Waals surface area (Å²) < 4.78 is 27.2. The Balaban J connectivity index is 1.25. The van der Waals surface area contributed by atoms with E-state index in [0.29, 0.717) is 25.9 Å². The van der Waals surface area contributed by atoms with E-state index >= 15 is 4.39 Å². The van der Waals surface area contributed by atoms with E-state index < -0.39 is 46.5 Å². The fourth-order valence-electron chi connectivity index (χ4n) is 5.75. The molecule has 15 heteroatoms. The van der Waals surface area contributed by atoms with Crippen LogP contribution in [0.2, 0.25) is 0 Å². The largest absolute Gasteiger partial charge is 0.582 e. The van der Waals surface area contributed by atoms with Gasteiger partial charge in [-0.25, -0.2) is 13.8 Å². The number of dihydropyridines is 1. The van der Waals surface area contributed by atoms with Gasteiger partial charge in [0.2, 0.25) is 23.9 Å². The minimum Gasteiger partial charge on any atom is -0.582 e.